The van der Waals surface area contributed by atoms with Gasteiger partial charge < -0.3 is 14.8 Å². The maximum atomic E-state index is 10.2. The molecule has 0 spiro atoms. The summed E-state index contributed by atoms with van der Waals surface area (Å²) < 4.78 is 0. The maximum absolute atomic E-state index is 10.2. The maximum Gasteiger partial charge on any atom is 0.119 e. The first kappa shape index (κ1) is 20.6. The van der Waals surface area contributed by atoms with Crippen LogP contribution in [0.1, 0.15) is 84.0 Å². The third-order valence-corrected chi connectivity index (χ3v) is 4.04. The van der Waals surface area contributed by atoms with Crippen molar-refractivity contribution in [1.29, 1.82) is 0 Å². The minimum atomic E-state index is 0.255. The Morgan fingerprint density at radius 3 is 1.81 bits per heavy atom. The van der Waals surface area contributed by atoms with Gasteiger partial charge >= 0.3 is 0 Å². The summed E-state index contributed by atoms with van der Waals surface area (Å²) in [5.41, 5.74) is 0. The van der Waals surface area contributed by atoms with Gasteiger partial charge in [0.2, 0.25) is 0 Å². The second kappa shape index (κ2) is 17.6. The number of aldehydes is 1. The number of rotatable bonds is 17. The van der Waals surface area contributed by atoms with Gasteiger partial charge in [0.05, 0.1) is 6.61 Å². The van der Waals surface area contributed by atoms with Gasteiger partial charge in [-0.2, -0.15) is 0 Å². The standard InChI is InChI=1S/C18H37NO2/c1-2-3-4-5-6-7-8-11-14-19(16-18-21)15-12-9-10-13-17-20/h17,21H,2-16,18H2,1H3. The predicted octanol–water partition coefficient (Wildman–Crippen LogP) is 4.18. The SMILES string of the molecule is CCCCCCCCCCN(CCO)CCCCCC=O. The zero-order valence-electron chi connectivity index (χ0n) is 14.2. The molecule has 0 amide bonds. The van der Waals surface area contributed by atoms with Crippen LogP contribution in [0, 0.1) is 0 Å². The Morgan fingerprint density at radius 2 is 1.29 bits per heavy atom. The smallest absolute Gasteiger partial charge is 0.119 e. The summed E-state index contributed by atoms with van der Waals surface area (Å²) in [6.45, 7) is 5.49. The van der Waals surface area contributed by atoms with E-state index in [0.29, 0.717) is 6.42 Å². The second-order valence-electron chi connectivity index (χ2n) is 6.06. The quantitative estimate of drug-likeness (QED) is 0.323. The molecule has 0 aliphatic heterocycles. The second-order valence-corrected chi connectivity index (χ2v) is 6.06. The number of hydrogen-bond acceptors (Lipinski definition) is 3. The molecule has 0 unspecified atom stereocenters. The van der Waals surface area contributed by atoms with Gasteiger partial charge in [-0.3, -0.25) is 0 Å². The lowest BCUT2D eigenvalue weighted by Gasteiger charge is -2.21. The number of nitrogens with zero attached hydrogens (tertiary/aromatic N) is 1. The fraction of sp³-hybridized carbons (Fsp3) is 0.944. The van der Waals surface area contributed by atoms with Crippen LogP contribution < -0.4 is 0 Å². The summed E-state index contributed by atoms with van der Waals surface area (Å²) in [6, 6.07) is 0. The molecule has 21 heavy (non-hydrogen) atoms. The van der Waals surface area contributed by atoms with Gasteiger partial charge in [-0.25, -0.2) is 0 Å². The fourth-order valence-electron chi connectivity index (χ4n) is 2.69. The average Bonchev–Trinajstić information content (AvgIpc) is 2.49. The van der Waals surface area contributed by atoms with Crippen molar-refractivity contribution in [2.24, 2.45) is 0 Å². The van der Waals surface area contributed by atoms with E-state index in [0.717, 1.165) is 45.2 Å². The van der Waals surface area contributed by atoms with Crippen molar-refractivity contribution in [1.82, 2.24) is 4.90 Å². The Hall–Kier alpha value is -0.410. The van der Waals surface area contributed by atoms with Gasteiger partial charge in [0, 0.05) is 13.0 Å². The average molecular weight is 299 g/mol. The van der Waals surface area contributed by atoms with E-state index in [9.17, 15) is 4.79 Å². The van der Waals surface area contributed by atoms with Crippen molar-refractivity contribution in [3.63, 3.8) is 0 Å². The van der Waals surface area contributed by atoms with E-state index < -0.39 is 0 Å². The summed E-state index contributed by atoms with van der Waals surface area (Å²) in [6.07, 6.45) is 15.8. The number of aliphatic hydroxyl groups is 1. The van der Waals surface area contributed by atoms with E-state index in [1.54, 1.807) is 0 Å². The summed E-state index contributed by atoms with van der Waals surface area (Å²) in [4.78, 5) is 12.6. The molecule has 0 aromatic heterocycles. The third-order valence-electron chi connectivity index (χ3n) is 4.04. The molecule has 3 nitrogen and oxygen atoms in total. The Morgan fingerprint density at radius 1 is 0.762 bits per heavy atom. The highest BCUT2D eigenvalue weighted by Gasteiger charge is 2.03. The third kappa shape index (κ3) is 15.8. The van der Waals surface area contributed by atoms with Crippen LogP contribution in [-0.2, 0) is 4.79 Å². The summed E-state index contributed by atoms with van der Waals surface area (Å²) in [7, 11) is 0. The molecule has 0 aromatic rings. The molecule has 0 rings (SSSR count). The van der Waals surface area contributed by atoms with Crippen LogP contribution in [-0.4, -0.2) is 42.5 Å². The predicted molar refractivity (Wildman–Crippen MR) is 90.7 cm³/mol. The van der Waals surface area contributed by atoms with Crippen LogP contribution >= 0.6 is 0 Å². The molecule has 0 heterocycles. The number of unbranched alkanes of at least 4 members (excludes halogenated alkanes) is 10. The monoisotopic (exact) mass is 299 g/mol. The van der Waals surface area contributed by atoms with Crippen molar-refractivity contribution in [2.75, 3.05) is 26.2 Å². The number of aliphatic hydroxyl groups excluding tert-OH is 1. The molecule has 0 saturated heterocycles. The van der Waals surface area contributed by atoms with Crippen LogP contribution in [0.2, 0.25) is 0 Å². The van der Waals surface area contributed by atoms with Crippen molar-refractivity contribution in [3.05, 3.63) is 0 Å². The zero-order chi connectivity index (χ0) is 15.6. The highest BCUT2D eigenvalue weighted by Crippen LogP contribution is 2.09. The van der Waals surface area contributed by atoms with Crippen molar-refractivity contribution >= 4 is 6.29 Å². The van der Waals surface area contributed by atoms with Gasteiger partial charge in [-0.15, -0.1) is 0 Å². The summed E-state index contributed by atoms with van der Waals surface area (Å²) in [5.74, 6) is 0. The van der Waals surface area contributed by atoms with Gasteiger partial charge in [0.15, 0.2) is 0 Å². The van der Waals surface area contributed by atoms with Crippen LogP contribution in [0.25, 0.3) is 0 Å². The first-order valence-corrected chi connectivity index (χ1v) is 9.12. The van der Waals surface area contributed by atoms with Crippen LogP contribution in [0.15, 0.2) is 0 Å². The molecule has 0 aliphatic carbocycles. The van der Waals surface area contributed by atoms with E-state index in [-0.39, 0.29) is 6.61 Å². The molecule has 3 heteroatoms. The first-order valence-electron chi connectivity index (χ1n) is 9.12. The molecule has 0 bridgehead atoms. The van der Waals surface area contributed by atoms with Gasteiger partial charge in [0.1, 0.15) is 6.29 Å². The summed E-state index contributed by atoms with van der Waals surface area (Å²) >= 11 is 0. The number of carbonyl (C=O) groups is 1. The van der Waals surface area contributed by atoms with Crippen molar-refractivity contribution in [2.45, 2.75) is 84.0 Å². The van der Waals surface area contributed by atoms with Crippen LogP contribution in [0.5, 0.6) is 0 Å². The molecule has 0 aromatic carbocycles. The van der Waals surface area contributed by atoms with E-state index in [1.807, 2.05) is 0 Å². The summed E-state index contributed by atoms with van der Waals surface area (Å²) in [5, 5.41) is 9.11. The topological polar surface area (TPSA) is 40.5 Å². The van der Waals surface area contributed by atoms with Crippen LogP contribution in [0.3, 0.4) is 0 Å². The van der Waals surface area contributed by atoms with Crippen molar-refractivity contribution < 1.29 is 9.90 Å². The number of hydrogen-bond donors (Lipinski definition) is 1. The molecule has 0 aliphatic rings. The van der Waals surface area contributed by atoms with Gasteiger partial charge in [-0.1, -0.05) is 58.3 Å². The van der Waals surface area contributed by atoms with Gasteiger partial charge in [-0.05, 0) is 32.4 Å². The lowest BCUT2D eigenvalue weighted by atomic mass is 10.1. The molecule has 0 atom stereocenters. The van der Waals surface area contributed by atoms with Gasteiger partial charge in [0.25, 0.3) is 0 Å². The van der Waals surface area contributed by atoms with E-state index in [4.69, 9.17) is 5.11 Å². The molecule has 0 fully saturated rings. The molecule has 0 radical (unpaired) electrons. The fourth-order valence-corrected chi connectivity index (χ4v) is 2.69. The Labute approximate surface area is 132 Å². The highest BCUT2D eigenvalue weighted by atomic mass is 16.3. The first-order chi connectivity index (χ1) is 10.3. The molecule has 1 N–H and O–H groups in total. The normalized spacial score (nSPS) is 11.2. The lowest BCUT2D eigenvalue weighted by molar-refractivity contribution is -0.107. The zero-order valence-corrected chi connectivity index (χ0v) is 14.2. The minimum absolute atomic E-state index is 0.255. The Kier molecular flexibility index (Phi) is 17.3. The lowest BCUT2D eigenvalue weighted by Crippen LogP contribution is -2.29. The van der Waals surface area contributed by atoms with Crippen molar-refractivity contribution in [3.8, 4) is 0 Å². The Bertz CT molecular complexity index is 209. The van der Waals surface area contributed by atoms with Crippen LogP contribution in [0.4, 0.5) is 0 Å². The Balaban J connectivity index is 3.44. The number of carbonyl (C=O) groups excluding carboxylic acids is 1. The molecular weight excluding hydrogens is 262 g/mol. The molecule has 126 valence electrons. The largest absolute Gasteiger partial charge is 0.395 e. The minimum Gasteiger partial charge on any atom is -0.395 e. The van der Waals surface area contributed by atoms with E-state index >= 15 is 0 Å². The molecule has 0 saturated carbocycles. The van der Waals surface area contributed by atoms with E-state index in [2.05, 4.69) is 11.8 Å². The highest BCUT2D eigenvalue weighted by molar-refractivity contribution is 5.48. The molecular formula is C18H37NO2. The van der Waals surface area contributed by atoms with E-state index in [1.165, 1.54) is 51.4 Å².